The topological polar surface area (TPSA) is 52.7 Å². The number of carbonyl (C=O) groups is 2. The van der Waals surface area contributed by atoms with Gasteiger partial charge >= 0.3 is 0 Å². The molecule has 1 aromatic carbocycles. The number of fused-ring (bicyclic) bond motifs is 1. The highest BCUT2D eigenvalue weighted by molar-refractivity contribution is 6.06. The molecule has 1 aromatic rings. The molecule has 2 amide bonds. The van der Waals surface area contributed by atoms with Crippen molar-refractivity contribution < 1.29 is 9.59 Å². The van der Waals surface area contributed by atoms with Gasteiger partial charge in [-0.15, -0.1) is 0 Å². The van der Waals surface area contributed by atoms with Crippen LogP contribution in [0.2, 0.25) is 0 Å². The van der Waals surface area contributed by atoms with E-state index in [0.29, 0.717) is 0 Å². The number of anilines is 1. The first-order chi connectivity index (χ1) is 14.9. The van der Waals surface area contributed by atoms with E-state index < -0.39 is 6.04 Å². The van der Waals surface area contributed by atoms with Crippen LogP contribution in [0.25, 0.3) is 0 Å². The molecule has 1 saturated heterocycles. The van der Waals surface area contributed by atoms with Gasteiger partial charge in [0, 0.05) is 42.3 Å². The zero-order valence-electron chi connectivity index (χ0n) is 19.6. The summed E-state index contributed by atoms with van der Waals surface area (Å²) in [5, 5.41) is 2.99. The van der Waals surface area contributed by atoms with E-state index in [-0.39, 0.29) is 23.8 Å². The molecule has 170 valence electrons. The van der Waals surface area contributed by atoms with E-state index in [9.17, 15) is 9.59 Å². The van der Waals surface area contributed by atoms with Gasteiger partial charge in [-0.25, -0.2) is 0 Å². The summed E-state index contributed by atoms with van der Waals surface area (Å²) in [4.78, 5) is 30.4. The summed E-state index contributed by atoms with van der Waals surface area (Å²) in [5.41, 5.74) is 1.92. The van der Waals surface area contributed by atoms with Gasteiger partial charge < -0.3 is 15.1 Å². The lowest BCUT2D eigenvalue weighted by molar-refractivity contribution is -0.129. The fourth-order valence-corrected chi connectivity index (χ4v) is 5.81. The number of benzene rings is 1. The third-order valence-corrected chi connectivity index (χ3v) is 7.87. The minimum Gasteiger partial charge on any atom is -0.340 e. The van der Waals surface area contributed by atoms with Gasteiger partial charge in [-0.1, -0.05) is 45.9 Å². The Hall–Kier alpha value is -1.88. The average molecular weight is 426 g/mol. The molecule has 1 atom stereocenters. The normalized spacial score (nSPS) is 27.7. The second-order valence-corrected chi connectivity index (χ2v) is 10.4. The maximum atomic E-state index is 13.4. The molecule has 0 aromatic heterocycles. The summed E-state index contributed by atoms with van der Waals surface area (Å²) in [7, 11) is 0. The van der Waals surface area contributed by atoms with Crippen LogP contribution >= 0.6 is 0 Å². The standard InChI is InChI=1S/C26H39N3O2/c1-17(2)19-9-11-20(12-10-19)28-15-13-21(14-16-28)29-23-8-6-5-7-22(23)24(26(29)31)27-25(30)18(3)4/h5-8,17-21,24H,9-16H2,1-4H3,(H,27,30). The summed E-state index contributed by atoms with van der Waals surface area (Å²) in [6.45, 7) is 10.6. The summed E-state index contributed by atoms with van der Waals surface area (Å²) in [5.74, 6) is 1.53. The van der Waals surface area contributed by atoms with Gasteiger partial charge in [0.1, 0.15) is 6.04 Å². The van der Waals surface area contributed by atoms with Crippen molar-refractivity contribution in [2.75, 3.05) is 18.0 Å². The Labute approximate surface area is 187 Å². The van der Waals surface area contributed by atoms with E-state index in [2.05, 4.69) is 24.1 Å². The Balaban J connectivity index is 1.40. The second kappa shape index (κ2) is 9.32. The summed E-state index contributed by atoms with van der Waals surface area (Å²) < 4.78 is 0. The van der Waals surface area contributed by atoms with Crippen molar-refractivity contribution in [3.63, 3.8) is 0 Å². The molecule has 2 aliphatic heterocycles. The molecule has 0 bridgehead atoms. The number of carbonyl (C=O) groups excluding carboxylic acids is 2. The Morgan fingerprint density at radius 1 is 0.935 bits per heavy atom. The fourth-order valence-electron chi connectivity index (χ4n) is 5.81. The Morgan fingerprint density at radius 3 is 2.19 bits per heavy atom. The zero-order valence-corrected chi connectivity index (χ0v) is 19.6. The molecule has 3 aliphatic rings. The number of hydrogen-bond donors (Lipinski definition) is 1. The van der Waals surface area contributed by atoms with Crippen LogP contribution in [0.3, 0.4) is 0 Å². The number of hydrogen-bond acceptors (Lipinski definition) is 3. The zero-order chi connectivity index (χ0) is 22.1. The number of para-hydroxylation sites is 1. The SMILES string of the molecule is CC(C)C(=O)NC1C(=O)N(C2CCN(C3CCC(C(C)C)CC3)CC2)c2ccccc21. The fraction of sp³-hybridized carbons (Fsp3) is 0.692. The number of nitrogens with zero attached hydrogens (tertiary/aromatic N) is 2. The van der Waals surface area contributed by atoms with E-state index in [1.807, 2.05) is 43.0 Å². The maximum absolute atomic E-state index is 13.4. The number of likely N-dealkylation sites (tertiary alicyclic amines) is 1. The molecule has 1 N–H and O–H groups in total. The van der Waals surface area contributed by atoms with Crippen LogP contribution in [-0.2, 0) is 9.59 Å². The van der Waals surface area contributed by atoms with Crippen molar-refractivity contribution in [2.45, 2.75) is 84.3 Å². The Kier molecular flexibility index (Phi) is 6.71. The number of nitrogens with one attached hydrogen (secondary N) is 1. The molecule has 1 saturated carbocycles. The number of amides is 2. The number of rotatable bonds is 5. The van der Waals surface area contributed by atoms with E-state index in [1.54, 1.807) is 0 Å². The molecular formula is C26H39N3O2. The van der Waals surface area contributed by atoms with Crippen molar-refractivity contribution in [1.82, 2.24) is 10.2 Å². The van der Waals surface area contributed by atoms with Gasteiger partial charge in [0.05, 0.1) is 0 Å². The van der Waals surface area contributed by atoms with Gasteiger partial charge in [0.15, 0.2) is 0 Å². The molecule has 1 aliphatic carbocycles. The second-order valence-electron chi connectivity index (χ2n) is 10.4. The molecule has 5 nitrogen and oxygen atoms in total. The van der Waals surface area contributed by atoms with Gasteiger partial charge in [-0.3, -0.25) is 9.59 Å². The maximum Gasteiger partial charge on any atom is 0.254 e. The molecule has 4 rings (SSSR count). The minimum atomic E-state index is -0.546. The predicted molar refractivity (Wildman–Crippen MR) is 125 cm³/mol. The molecular weight excluding hydrogens is 386 g/mol. The molecule has 0 spiro atoms. The van der Waals surface area contributed by atoms with E-state index in [4.69, 9.17) is 0 Å². The van der Waals surface area contributed by atoms with Gasteiger partial charge in [0.2, 0.25) is 5.91 Å². The van der Waals surface area contributed by atoms with Crippen LogP contribution < -0.4 is 10.2 Å². The van der Waals surface area contributed by atoms with Crippen LogP contribution in [0.15, 0.2) is 24.3 Å². The van der Waals surface area contributed by atoms with Crippen molar-refractivity contribution in [3.8, 4) is 0 Å². The lowest BCUT2D eigenvalue weighted by atomic mass is 9.79. The average Bonchev–Trinajstić information content (AvgIpc) is 3.05. The summed E-state index contributed by atoms with van der Waals surface area (Å²) in [6, 6.07) is 8.37. The highest BCUT2D eigenvalue weighted by Crippen LogP contribution is 2.40. The largest absolute Gasteiger partial charge is 0.340 e. The third-order valence-electron chi connectivity index (χ3n) is 7.87. The highest BCUT2D eigenvalue weighted by atomic mass is 16.2. The number of piperidine rings is 1. The van der Waals surface area contributed by atoms with E-state index >= 15 is 0 Å². The minimum absolute atomic E-state index is 0.0334. The predicted octanol–water partition coefficient (Wildman–Crippen LogP) is 4.53. The van der Waals surface area contributed by atoms with Crippen LogP contribution in [0.4, 0.5) is 5.69 Å². The van der Waals surface area contributed by atoms with Gasteiger partial charge in [-0.2, -0.15) is 0 Å². The van der Waals surface area contributed by atoms with Gasteiger partial charge in [-0.05, 0) is 56.4 Å². The molecule has 1 unspecified atom stereocenters. The molecule has 0 radical (unpaired) electrons. The Bertz CT molecular complexity index is 790. The lowest BCUT2D eigenvalue weighted by Crippen LogP contribution is -2.51. The molecule has 5 heteroatoms. The molecule has 2 fully saturated rings. The summed E-state index contributed by atoms with van der Waals surface area (Å²) in [6.07, 6.45) is 7.38. The van der Waals surface area contributed by atoms with Crippen molar-refractivity contribution in [1.29, 1.82) is 0 Å². The monoisotopic (exact) mass is 425 g/mol. The van der Waals surface area contributed by atoms with Crippen LogP contribution in [0.5, 0.6) is 0 Å². The van der Waals surface area contributed by atoms with Crippen LogP contribution in [0.1, 0.15) is 77.8 Å². The van der Waals surface area contributed by atoms with E-state index in [0.717, 1.165) is 55.1 Å². The van der Waals surface area contributed by atoms with Crippen LogP contribution in [-0.4, -0.2) is 41.9 Å². The van der Waals surface area contributed by atoms with Crippen molar-refractivity contribution >= 4 is 17.5 Å². The van der Waals surface area contributed by atoms with Crippen molar-refractivity contribution in [3.05, 3.63) is 29.8 Å². The first-order valence-corrected chi connectivity index (χ1v) is 12.3. The third kappa shape index (κ3) is 4.52. The highest BCUT2D eigenvalue weighted by Gasteiger charge is 2.42. The smallest absolute Gasteiger partial charge is 0.254 e. The van der Waals surface area contributed by atoms with Gasteiger partial charge in [0.25, 0.3) is 5.91 Å². The Morgan fingerprint density at radius 2 is 1.58 bits per heavy atom. The lowest BCUT2D eigenvalue weighted by Gasteiger charge is -2.43. The quantitative estimate of drug-likeness (QED) is 0.754. The van der Waals surface area contributed by atoms with Crippen molar-refractivity contribution in [2.24, 2.45) is 17.8 Å². The molecule has 2 heterocycles. The van der Waals surface area contributed by atoms with Crippen LogP contribution in [0, 0.1) is 17.8 Å². The first-order valence-electron chi connectivity index (χ1n) is 12.3. The first kappa shape index (κ1) is 22.3. The summed E-state index contributed by atoms with van der Waals surface area (Å²) >= 11 is 0. The van der Waals surface area contributed by atoms with E-state index in [1.165, 1.54) is 25.7 Å². The molecule has 31 heavy (non-hydrogen) atoms.